The summed E-state index contributed by atoms with van der Waals surface area (Å²) < 4.78 is 25.2. The largest absolute Gasteiger partial charge is 0.345 e. The molecule has 1 fully saturated rings. The molecule has 0 spiro atoms. The second-order valence-corrected chi connectivity index (χ2v) is 9.84. The van der Waals surface area contributed by atoms with Crippen molar-refractivity contribution in [3.05, 3.63) is 23.3 Å². The highest BCUT2D eigenvalue weighted by Gasteiger charge is 2.25. The van der Waals surface area contributed by atoms with E-state index in [0.29, 0.717) is 26.2 Å². The number of anilines is 1. The molecule has 0 N–H and O–H groups in total. The minimum Gasteiger partial charge on any atom is -0.345 e. The molecule has 0 aliphatic carbocycles. The lowest BCUT2D eigenvalue weighted by Crippen LogP contribution is -2.51. The minimum absolute atomic E-state index is 0.113. The van der Waals surface area contributed by atoms with Crippen molar-refractivity contribution < 1.29 is 13.2 Å². The van der Waals surface area contributed by atoms with Crippen molar-refractivity contribution in [2.24, 2.45) is 0 Å². The molecule has 7 nitrogen and oxygen atoms in total. The molecule has 3 rings (SSSR count). The van der Waals surface area contributed by atoms with Gasteiger partial charge in [-0.15, -0.1) is 0 Å². The van der Waals surface area contributed by atoms with Crippen molar-refractivity contribution in [3.8, 4) is 0 Å². The van der Waals surface area contributed by atoms with Gasteiger partial charge in [0.05, 0.1) is 23.0 Å². The summed E-state index contributed by atoms with van der Waals surface area (Å²) >= 11 is 1.67. The Kier molecular flexibility index (Phi) is 5.23. The molecule has 0 radical (unpaired) electrons. The van der Waals surface area contributed by atoms with E-state index in [9.17, 15) is 13.2 Å². The molecule has 1 aliphatic heterocycles. The van der Waals surface area contributed by atoms with Crippen LogP contribution < -0.4 is 4.90 Å². The van der Waals surface area contributed by atoms with Crippen LogP contribution in [0.4, 0.5) is 5.13 Å². The van der Waals surface area contributed by atoms with Crippen LogP contribution in [0.3, 0.4) is 0 Å². The van der Waals surface area contributed by atoms with Crippen molar-refractivity contribution in [1.82, 2.24) is 14.2 Å². The second-order valence-electron chi connectivity index (χ2n) is 6.74. The highest BCUT2D eigenvalue weighted by Crippen LogP contribution is 2.32. The van der Waals surface area contributed by atoms with E-state index in [0.717, 1.165) is 21.2 Å². The summed E-state index contributed by atoms with van der Waals surface area (Å²) in [4.78, 5) is 21.0. The smallest absolute Gasteiger partial charge is 0.238 e. The summed E-state index contributed by atoms with van der Waals surface area (Å²) in [6.07, 6.45) is 1.11. The molecule has 1 aromatic carbocycles. The fourth-order valence-electron chi connectivity index (χ4n) is 2.90. The summed E-state index contributed by atoms with van der Waals surface area (Å²) in [7, 11) is -1.92. The van der Waals surface area contributed by atoms with Gasteiger partial charge in [-0.1, -0.05) is 17.4 Å². The van der Waals surface area contributed by atoms with Crippen LogP contribution in [0.1, 0.15) is 11.1 Å². The standard InChI is InChI=1S/C17H24N4O3S2/c1-12-5-6-14-16(13(12)2)18-17(25-14)21-9-7-20(8-10-21)15(22)11-19(3)26(4,23)24/h5-6H,7-11H2,1-4H3. The Labute approximate surface area is 158 Å². The number of thiazole rings is 1. The van der Waals surface area contributed by atoms with Gasteiger partial charge < -0.3 is 9.80 Å². The average Bonchev–Trinajstić information content (AvgIpc) is 3.02. The van der Waals surface area contributed by atoms with Crippen molar-refractivity contribution in [3.63, 3.8) is 0 Å². The van der Waals surface area contributed by atoms with Crippen LogP contribution in [-0.2, 0) is 14.8 Å². The molecule has 9 heteroatoms. The minimum atomic E-state index is -3.35. The molecule has 1 aromatic heterocycles. The van der Waals surface area contributed by atoms with Gasteiger partial charge in [-0.2, -0.15) is 4.31 Å². The number of fused-ring (bicyclic) bond motifs is 1. The van der Waals surface area contributed by atoms with Gasteiger partial charge in [-0.3, -0.25) is 4.79 Å². The normalized spacial score (nSPS) is 15.9. The van der Waals surface area contributed by atoms with Crippen LogP contribution in [0, 0.1) is 13.8 Å². The number of likely N-dealkylation sites (N-methyl/N-ethyl adjacent to an activating group) is 1. The molecule has 1 aliphatic rings. The fourth-order valence-corrected chi connectivity index (χ4v) is 4.33. The monoisotopic (exact) mass is 396 g/mol. The molecule has 2 heterocycles. The summed E-state index contributed by atoms with van der Waals surface area (Å²) in [5, 5.41) is 0.981. The Bertz CT molecular complexity index is 931. The number of nitrogens with zero attached hydrogens (tertiary/aromatic N) is 4. The maximum atomic E-state index is 12.3. The number of rotatable bonds is 4. The first kappa shape index (κ1) is 19.1. The Morgan fingerprint density at radius 3 is 2.50 bits per heavy atom. The van der Waals surface area contributed by atoms with Crippen LogP contribution in [0.15, 0.2) is 12.1 Å². The number of piperazine rings is 1. The quantitative estimate of drug-likeness (QED) is 0.782. The summed E-state index contributed by atoms with van der Waals surface area (Å²) in [5.74, 6) is -0.159. The first-order valence-corrected chi connectivity index (χ1v) is 11.1. The van der Waals surface area contributed by atoms with Crippen LogP contribution >= 0.6 is 11.3 Å². The topological polar surface area (TPSA) is 73.8 Å². The van der Waals surface area contributed by atoms with Gasteiger partial charge >= 0.3 is 0 Å². The van der Waals surface area contributed by atoms with Gasteiger partial charge in [0.15, 0.2) is 5.13 Å². The highest BCUT2D eigenvalue weighted by molar-refractivity contribution is 7.88. The van der Waals surface area contributed by atoms with Gasteiger partial charge in [0.1, 0.15) is 0 Å². The van der Waals surface area contributed by atoms with Crippen molar-refractivity contribution >= 4 is 42.6 Å². The molecule has 0 bridgehead atoms. The third-order valence-electron chi connectivity index (χ3n) is 4.90. The second kappa shape index (κ2) is 7.13. The molecule has 1 saturated heterocycles. The van der Waals surface area contributed by atoms with Gasteiger partial charge in [0.2, 0.25) is 15.9 Å². The van der Waals surface area contributed by atoms with E-state index in [1.54, 1.807) is 16.2 Å². The number of aryl methyl sites for hydroxylation is 2. The van der Waals surface area contributed by atoms with Crippen molar-refractivity contribution in [1.29, 1.82) is 0 Å². The molecule has 0 unspecified atom stereocenters. The number of amides is 1. The summed E-state index contributed by atoms with van der Waals surface area (Å²) in [5.41, 5.74) is 3.50. The Hall–Kier alpha value is -1.71. The predicted octanol–water partition coefficient (Wildman–Crippen LogP) is 1.45. The number of sulfonamides is 1. The van der Waals surface area contributed by atoms with Gasteiger partial charge in [0, 0.05) is 33.2 Å². The zero-order valence-corrected chi connectivity index (χ0v) is 17.2. The molecule has 1 amide bonds. The van der Waals surface area contributed by atoms with E-state index in [2.05, 4.69) is 30.9 Å². The first-order chi connectivity index (χ1) is 12.2. The Balaban J connectivity index is 1.65. The molecular formula is C17H24N4O3S2. The number of carbonyl (C=O) groups is 1. The van der Waals surface area contributed by atoms with Gasteiger partial charge in [-0.25, -0.2) is 13.4 Å². The van der Waals surface area contributed by atoms with Gasteiger partial charge in [-0.05, 0) is 31.0 Å². The van der Waals surface area contributed by atoms with E-state index >= 15 is 0 Å². The summed E-state index contributed by atoms with van der Waals surface area (Å²) in [6.45, 7) is 6.62. The highest BCUT2D eigenvalue weighted by atomic mass is 32.2. The maximum Gasteiger partial charge on any atom is 0.238 e. The predicted molar refractivity (Wildman–Crippen MR) is 105 cm³/mol. The Morgan fingerprint density at radius 2 is 1.88 bits per heavy atom. The Morgan fingerprint density at radius 1 is 1.23 bits per heavy atom. The third-order valence-corrected chi connectivity index (χ3v) is 7.24. The molecule has 2 aromatic rings. The lowest BCUT2D eigenvalue weighted by atomic mass is 10.1. The van der Waals surface area contributed by atoms with Crippen LogP contribution in [0.2, 0.25) is 0 Å². The molecule has 142 valence electrons. The van der Waals surface area contributed by atoms with E-state index in [4.69, 9.17) is 4.98 Å². The van der Waals surface area contributed by atoms with Gasteiger partial charge in [0.25, 0.3) is 0 Å². The lowest BCUT2D eigenvalue weighted by molar-refractivity contribution is -0.131. The zero-order chi connectivity index (χ0) is 19.1. The van der Waals surface area contributed by atoms with E-state index < -0.39 is 10.0 Å². The zero-order valence-electron chi connectivity index (χ0n) is 15.5. The molecule has 0 atom stereocenters. The van der Waals surface area contributed by atoms with Crippen LogP contribution in [0.5, 0.6) is 0 Å². The number of carbonyl (C=O) groups excluding carboxylic acids is 1. The van der Waals surface area contributed by atoms with E-state index in [1.165, 1.54) is 22.9 Å². The van der Waals surface area contributed by atoms with E-state index in [1.807, 2.05) is 0 Å². The lowest BCUT2D eigenvalue weighted by Gasteiger charge is -2.35. The average molecular weight is 397 g/mol. The SMILES string of the molecule is Cc1ccc2sc(N3CCN(C(=O)CN(C)S(C)(=O)=O)CC3)nc2c1C. The number of aromatic nitrogens is 1. The molecule has 0 saturated carbocycles. The van der Waals surface area contributed by atoms with Crippen LogP contribution in [-0.4, -0.2) is 74.5 Å². The van der Waals surface area contributed by atoms with Crippen LogP contribution in [0.25, 0.3) is 10.2 Å². The first-order valence-electron chi connectivity index (χ1n) is 8.47. The third kappa shape index (κ3) is 3.84. The van der Waals surface area contributed by atoms with Crippen molar-refractivity contribution in [2.75, 3.05) is 50.9 Å². The molecular weight excluding hydrogens is 372 g/mol. The van der Waals surface area contributed by atoms with Crippen molar-refractivity contribution in [2.45, 2.75) is 13.8 Å². The summed E-state index contributed by atoms with van der Waals surface area (Å²) in [6, 6.07) is 4.23. The fraction of sp³-hybridized carbons (Fsp3) is 0.529. The maximum absolute atomic E-state index is 12.3. The molecule has 26 heavy (non-hydrogen) atoms. The number of benzene rings is 1. The number of hydrogen-bond acceptors (Lipinski definition) is 6. The van der Waals surface area contributed by atoms with E-state index in [-0.39, 0.29) is 12.5 Å². The number of hydrogen-bond donors (Lipinski definition) is 0.